The molecule has 3 N–H and O–H groups in total. The van der Waals surface area contributed by atoms with Crippen molar-refractivity contribution in [2.24, 2.45) is 5.73 Å². The number of carbonyl (C=O) groups is 1. The molecule has 1 fully saturated rings. The van der Waals surface area contributed by atoms with Gasteiger partial charge in [0, 0.05) is 29.1 Å². The Morgan fingerprint density at radius 2 is 2.25 bits per heavy atom. The van der Waals surface area contributed by atoms with Gasteiger partial charge in [-0.05, 0) is 31.9 Å². The summed E-state index contributed by atoms with van der Waals surface area (Å²) in [5.41, 5.74) is 7.95. The zero-order valence-electron chi connectivity index (χ0n) is 15.0. The summed E-state index contributed by atoms with van der Waals surface area (Å²) in [6.45, 7) is 1.82. The lowest BCUT2D eigenvalue weighted by Crippen LogP contribution is -2.59. The highest BCUT2D eigenvalue weighted by Gasteiger charge is 2.46. The van der Waals surface area contributed by atoms with Crippen molar-refractivity contribution in [3.63, 3.8) is 0 Å². The molecule has 0 radical (unpaired) electrons. The Balaban J connectivity index is 1.63. The first kappa shape index (κ1) is 19.2. The summed E-state index contributed by atoms with van der Waals surface area (Å²) in [5, 5.41) is 7.32. The zero-order chi connectivity index (χ0) is 20.1. The second-order valence-electron chi connectivity index (χ2n) is 6.93. The van der Waals surface area contributed by atoms with E-state index in [0.717, 1.165) is 27.3 Å². The van der Waals surface area contributed by atoms with Gasteiger partial charge in [0.05, 0.1) is 22.4 Å². The molecular weight excluding hydrogens is 408 g/mol. The van der Waals surface area contributed by atoms with Crippen molar-refractivity contribution in [1.82, 2.24) is 19.9 Å². The molecule has 0 aromatic carbocycles. The van der Waals surface area contributed by atoms with Gasteiger partial charge in [-0.3, -0.25) is 4.79 Å². The molecule has 28 heavy (non-hydrogen) atoms. The van der Waals surface area contributed by atoms with E-state index in [1.54, 1.807) is 23.0 Å². The van der Waals surface area contributed by atoms with Crippen LogP contribution in [0.4, 0.5) is 8.78 Å². The van der Waals surface area contributed by atoms with Crippen LogP contribution in [0.3, 0.4) is 0 Å². The van der Waals surface area contributed by atoms with Crippen LogP contribution in [0.1, 0.15) is 33.9 Å². The lowest BCUT2D eigenvalue weighted by atomic mass is 9.87. The number of fused-ring (bicyclic) bond motifs is 1. The van der Waals surface area contributed by atoms with E-state index in [2.05, 4.69) is 15.4 Å². The number of rotatable bonds is 3. The number of pyridine rings is 1. The number of alkyl halides is 2. The normalized spacial score (nSPS) is 21.8. The highest BCUT2D eigenvalue weighted by molar-refractivity contribution is 7.14. The fourth-order valence-electron chi connectivity index (χ4n) is 3.51. The van der Waals surface area contributed by atoms with Crippen LogP contribution in [-0.4, -0.2) is 38.5 Å². The highest BCUT2D eigenvalue weighted by atomic mass is 35.5. The molecule has 3 aromatic heterocycles. The standard InChI is InChI=1S/C18H18ClF2N5OS/c1-9-14(11-7-23-26-8-10(19)4-5-13(11)26)24-17(28-9)16(27)25-15-12(22)3-2-6-18(15,20)21/h4-5,7-8,12,15H,2-3,6,22H2,1H3,(H,25,27). The molecule has 148 valence electrons. The summed E-state index contributed by atoms with van der Waals surface area (Å²) in [7, 11) is 0. The van der Waals surface area contributed by atoms with Crippen LogP contribution in [0.15, 0.2) is 24.5 Å². The molecule has 1 aliphatic rings. The zero-order valence-corrected chi connectivity index (χ0v) is 16.5. The molecule has 1 aliphatic carbocycles. The molecule has 0 saturated heterocycles. The third-order valence-corrected chi connectivity index (χ3v) is 6.14. The van der Waals surface area contributed by atoms with E-state index in [9.17, 15) is 13.6 Å². The van der Waals surface area contributed by atoms with Crippen LogP contribution in [0, 0.1) is 6.92 Å². The molecule has 10 heteroatoms. The molecule has 0 spiro atoms. The van der Waals surface area contributed by atoms with Gasteiger partial charge in [0.15, 0.2) is 5.01 Å². The molecule has 1 saturated carbocycles. The number of aromatic nitrogens is 3. The first-order chi connectivity index (χ1) is 13.3. The summed E-state index contributed by atoms with van der Waals surface area (Å²) in [5.74, 6) is -3.66. The molecule has 6 nitrogen and oxygen atoms in total. The van der Waals surface area contributed by atoms with Crippen LogP contribution in [-0.2, 0) is 0 Å². The van der Waals surface area contributed by atoms with Crippen molar-refractivity contribution in [1.29, 1.82) is 0 Å². The van der Waals surface area contributed by atoms with Crippen molar-refractivity contribution in [3.05, 3.63) is 39.4 Å². The Labute approximate surface area is 168 Å². The van der Waals surface area contributed by atoms with Gasteiger partial charge in [-0.2, -0.15) is 5.10 Å². The summed E-state index contributed by atoms with van der Waals surface area (Å²) >= 11 is 7.13. The Kier molecular flexibility index (Phi) is 4.84. The van der Waals surface area contributed by atoms with Gasteiger partial charge < -0.3 is 11.1 Å². The quantitative estimate of drug-likeness (QED) is 0.670. The highest BCUT2D eigenvalue weighted by Crippen LogP contribution is 2.34. The number of thiazole rings is 1. The molecule has 0 aliphatic heterocycles. The van der Waals surface area contributed by atoms with Crippen molar-refractivity contribution < 1.29 is 13.6 Å². The molecule has 0 bridgehead atoms. The molecule has 3 heterocycles. The lowest BCUT2D eigenvalue weighted by molar-refractivity contribution is -0.0674. The summed E-state index contributed by atoms with van der Waals surface area (Å²) in [4.78, 5) is 17.8. The fraction of sp³-hybridized carbons (Fsp3) is 0.389. The maximum Gasteiger partial charge on any atom is 0.280 e. The van der Waals surface area contributed by atoms with E-state index < -0.39 is 23.9 Å². The Morgan fingerprint density at radius 1 is 1.46 bits per heavy atom. The number of halogens is 3. The summed E-state index contributed by atoms with van der Waals surface area (Å²) in [6, 6.07) is 1.38. The Hall–Kier alpha value is -2.10. The van der Waals surface area contributed by atoms with Gasteiger partial charge in [0.2, 0.25) is 0 Å². The number of aryl methyl sites for hydroxylation is 1. The minimum atomic E-state index is -3.02. The predicted molar refractivity (Wildman–Crippen MR) is 104 cm³/mol. The van der Waals surface area contributed by atoms with Crippen LogP contribution < -0.4 is 11.1 Å². The number of carbonyl (C=O) groups excluding carboxylic acids is 1. The molecule has 2 unspecified atom stereocenters. The average molecular weight is 426 g/mol. The van der Waals surface area contributed by atoms with Gasteiger partial charge in [-0.1, -0.05) is 11.6 Å². The number of nitrogens with two attached hydrogens (primary N) is 1. The van der Waals surface area contributed by atoms with E-state index in [4.69, 9.17) is 17.3 Å². The number of hydrogen-bond acceptors (Lipinski definition) is 5. The van der Waals surface area contributed by atoms with E-state index in [-0.39, 0.29) is 11.4 Å². The van der Waals surface area contributed by atoms with Crippen molar-refractivity contribution in [2.75, 3.05) is 0 Å². The molecular formula is C18H18ClF2N5OS. The second kappa shape index (κ2) is 7.06. The minimum absolute atomic E-state index is 0.120. The third kappa shape index (κ3) is 3.38. The molecule has 1 amide bonds. The smallest absolute Gasteiger partial charge is 0.280 e. The average Bonchev–Trinajstić information content (AvgIpc) is 3.20. The SMILES string of the molecule is Cc1sc(C(=O)NC2C(N)CCCC2(F)F)nc1-c1cnn2cc(Cl)ccc12. The third-order valence-electron chi connectivity index (χ3n) is 4.94. The fourth-order valence-corrected chi connectivity index (χ4v) is 4.50. The monoisotopic (exact) mass is 425 g/mol. The number of hydrogen-bond donors (Lipinski definition) is 2. The Morgan fingerprint density at radius 3 is 3.00 bits per heavy atom. The van der Waals surface area contributed by atoms with Gasteiger partial charge in [0.25, 0.3) is 11.8 Å². The van der Waals surface area contributed by atoms with Gasteiger partial charge >= 0.3 is 0 Å². The number of nitrogens with zero attached hydrogens (tertiary/aromatic N) is 3. The van der Waals surface area contributed by atoms with E-state index in [1.165, 1.54) is 0 Å². The topological polar surface area (TPSA) is 85.3 Å². The maximum atomic E-state index is 14.2. The lowest BCUT2D eigenvalue weighted by Gasteiger charge is -2.36. The number of amides is 1. The summed E-state index contributed by atoms with van der Waals surface area (Å²) < 4.78 is 30.0. The van der Waals surface area contributed by atoms with Gasteiger partial charge in [-0.15, -0.1) is 11.3 Å². The minimum Gasteiger partial charge on any atom is -0.340 e. The van der Waals surface area contributed by atoms with E-state index in [1.807, 2.05) is 13.0 Å². The predicted octanol–water partition coefficient (Wildman–Crippen LogP) is 3.66. The number of nitrogens with one attached hydrogen (secondary N) is 1. The first-order valence-electron chi connectivity index (χ1n) is 8.81. The molecule has 3 aromatic rings. The van der Waals surface area contributed by atoms with Crippen molar-refractivity contribution in [3.8, 4) is 11.3 Å². The Bertz CT molecular complexity index is 1050. The van der Waals surface area contributed by atoms with Gasteiger partial charge in [-0.25, -0.2) is 18.3 Å². The second-order valence-corrected chi connectivity index (χ2v) is 8.57. The molecule has 2 atom stereocenters. The van der Waals surface area contributed by atoms with Crippen LogP contribution in [0.25, 0.3) is 16.8 Å². The van der Waals surface area contributed by atoms with Crippen molar-refractivity contribution in [2.45, 2.75) is 44.2 Å². The maximum absolute atomic E-state index is 14.2. The van der Waals surface area contributed by atoms with Crippen molar-refractivity contribution >= 4 is 34.4 Å². The van der Waals surface area contributed by atoms with Gasteiger partial charge in [0.1, 0.15) is 6.04 Å². The molecule has 4 rings (SSSR count). The summed E-state index contributed by atoms with van der Waals surface area (Å²) in [6.07, 6.45) is 3.83. The van der Waals surface area contributed by atoms with Crippen LogP contribution in [0.2, 0.25) is 5.02 Å². The van der Waals surface area contributed by atoms with Crippen LogP contribution >= 0.6 is 22.9 Å². The van der Waals surface area contributed by atoms with E-state index >= 15 is 0 Å². The largest absolute Gasteiger partial charge is 0.340 e. The van der Waals surface area contributed by atoms with Crippen LogP contribution in [0.5, 0.6) is 0 Å². The first-order valence-corrected chi connectivity index (χ1v) is 10.0. The van der Waals surface area contributed by atoms with E-state index in [0.29, 0.717) is 23.6 Å².